The number of piperidine rings is 1. The number of aliphatic hydroxyl groups is 1. The van der Waals surface area contributed by atoms with Gasteiger partial charge in [-0.3, -0.25) is 4.79 Å². The summed E-state index contributed by atoms with van der Waals surface area (Å²) in [5.74, 6) is 0.156. The Balaban J connectivity index is 2.22. The maximum absolute atomic E-state index is 14.1. The molecule has 0 radical (unpaired) electrons. The normalized spacial score (nSPS) is 25.4. The minimum absolute atomic E-state index is 0.0422. The van der Waals surface area contributed by atoms with Crippen LogP contribution in [0.15, 0.2) is 61.2 Å². The largest absolute Gasteiger partial charge is 0.393 e. The summed E-state index contributed by atoms with van der Waals surface area (Å²) >= 11 is 12.6. The zero-order valence-corrected chi connectivity index (χ0v) is 20.6. The average molecular weight is 474 g/mol. The fourth-order valence-corrected chi connectivity index (χ4v) is 5.48. The van der Waals surface area contributed by atoms with Crippen molar-refractivity contribution in [3.05, 3.63) is 82.4 Å². The van der Waals surface area contributed by atoms with Gasteiger partial charge in [0.1, 0.15) is 0 Å². The SMILES string of the molecule is C=CC[C@@]1(C)C[C@H](c2cccc(Cl)c2)C(c2ccc(Cl)cc2)N([C@@H](CC)C[C@@H](C)O)C1=O. The minimum Gasteiger partial charge on any atom is -0.393 e. The van der Waals surface area contributed by atoms with Gasteiger partial charge in [0.2, 0.25) is 5.91 Å². The summed E-state index contributed by atoms with van der Waals surface area (Å²) in [6.45, 7) is 9.82. The summed E-state index contributed by atoms with van der Waals surface area (Å²) in [4.78, 5) is 16.1. The highest BCUT2D eigenvalue weighted by molar-refractivity contribution is 6.30. The maximum atomic E-state index is 14.1. The predicted molar refractivity (Wildman–Crippen MR) is 133 cm³/mol. The van der Waals surface area contributed by atoms with E-state index in [1.165, 1.54) is 0 Å². The number of aliphatic hydroxyl groups excluding tert-OH is 1. The zero-order chi connectivity index (χ0) is 23.5. The number of halogens is 2. The third-order valence-corrected chi connectivity index (χ3v) is 7.15. The molecule has 0 aromatic heterocycles. The van der Waals surface area contributed by atoms with Crippen molar-refractivity contribution < 1.29 is 9.90 Å². The van der Waals surface area contributed by atoms with Gasteiger partial charge < -0.3 is 10.0 Å². The van der Waals surface area contributed by atoms with Crippen LogP contribution in [-0.4, -0.2) is 28.1 Å². The van der Waals surface area contributed by atoms with Gasteiger partial charge in [-0.15, -0.1) is 6.58 Å². The van der Waals surface area contributed by atoms with Crippen molar-refractivity contribution in [1.82, 2.24) is 4.90 Å². The van der Waals surface area contributed by atoms with E-state index in [1.807, 2.05) is 60.4 Å². The molecule has 32 heavy (non-hydrogen) atoms. The Morgan fingerprint density at radius 3 is 2.44 bits per heavy atom. The van der Waals surface area contributed by atoms with E-state index in [1.54, 1.807) is 6.92 Å². The summed E-state index contributed by atoms with van der Waals surface area (Å²) in [6, 6.07) is 15.4. The van der Waals surface area contributed by atoms with Crippen LogP contribution < -0.4 is 0 Å². The van der Waals surface area contributed by atoms with Gasteiger partial charge in [0.05, 0.1) is 17.6 Å². The Hall–Kier alpha value is -1.81. The third kappa shape index (κ3) is 5.22. The highest BCUT2D eigenvalue weighted by Crippen LogP contribution is 2.52. The lowest BCUT2D eigenvalue weighted by atomic mass is 9.67. The highest BCUT2D eigenvalue weighted by Gasteiger charge is 2.50. The summed E-state index contributed by atoms with van der Waals surface area (Å²) in [7, 11) is 0. The van der Waals surface area contributed by atoms with Gasteiger partial charge in [-0.05, 0) is 68.0 Å². The quantitative estimate of drug-likeness (QED) is 0.412. The van der Waals surface area contributed by atoms with Crippen LogP contribution in [0.1, 0.15) is 69.5 Å². The molecule has 0 aliphatic carbocycles. The number of nitrogens with zero attached hydrogens (tertiary/aromatic N) is 1. The molecule has 172 valence electrons. The van der Waals surface area contributed by atoms with Gasteiger partial charge >= 0.3 is 0 Å². The van der Waals surface area contributed by atoms with Crippen molar-refractivity contribution in [2.24, 2.45) is 5.41 Å². The van der Waals surface area contributed by atoms with Gasteiger partial charge in [-0.25, -0.2) is 0 Å². The molecule has 2 aromatic carbocycles. The highest BCUT2D eigenvalue weighted by atomic mass is 35.5. The second-order valence-electron chi connectivity index (χ2n) is 9.27. The second-order valence-corrected chi connectivity index (χ2v) is 10.1. The first-order valence-corrected chi connectivity index (χ1v) is 12.1. The van der Waals surface area contributed by atoms with Gasteiger partial charge in [0.25, 0.3) is 0 Å². The van der Waals surface area contributed by atoms with E-state index in [9.17, 15) is 9.90 Å². The van der Waals surface area contributed by atoms with Crippen LogP contribution in [0.2, 0.25) is 10.0 Å². The summed E-state index contributed by atoms with van der Waals surface area (Å²) < 4.78 is 0. The Morgan fingerprint density at radius 2 is 1.88 bits per heavy atom. The number of rotatable bonds is 8. The van der Waals surface area contributed by atoms with Crippen molar-refractivity contribution in [2.45, 2.75) is 70.6 Å². The van der Waals surface area contributed by atoms with Gasteiger partial charge in [0, 0.05) is 22.0 Å². The predicted octanol–water partition coefficient (Wildman–Crippen LogP) is 7.18. The molecule has 2 aromatic rings. The molecule has 0 saturated carbocycles. The molecule has 1 fully saturated rings. The van der Waals surface area contributed by atoms with E-state index in [0.717, 1.165) is 17.5 Å². The summed E-state index contributed by atoms with van der Waals surface area (Å²) in [5.41, 5.74) is 1.57. The van der Waals surface area contributed by atoms with Crippen molar-refractivity contribution in [1.29, 1.82) is 0 Å². The molecule has 1 aliphatic heterocycles. The first-order valence-electron chi connectivity index (χ1n) is 11.3. The molecule has 3 nitrogen and oxygen atoms in total. The second kappa shape index (κ2) is 10.4. The van der Waals surface area contributed by atoms with Gasteiger partial charge in [-0.1, -0.05) is 67.4 Å². The van der Waals surface area contributed by atoms with Crippen molar-refractivity contribution >= 4 is 29.1 Å². The maximum Gasteiger partial charge on any atom is 0.229 e. The zero-order valence-electron chi connectivity index (χ0n) is 19.1. The monoisotopic (exact) mass is 473 g/mol. The number of carbonyl (C=O) groups is 1. The molecule has 1 heterocycles. The number of amides is 1. The molecule has 1 aliphatic rings. The Labute approximate surface area is 202 Å². The fourth-order valence-electron chi connectivity index (χ4n) is 5.16. The lowest BCUT2D eigenvalue weighted by molar-refractivity contribution is -0.155. The fraction of sp³-hybridized carbons (Fsp3) is 0.444. The lowest BCUT2D eigenvalue weighted by Crippen LogP contribution is -2.55. The first-order chi connectivity index (χ1) is 15.2. The smallest absolute Gasteiger partial charge is 0.229 e. The van der Waals surface area contributed by atoms with Crippen LogP contribution >= 0.6 is 23.2 Å². The van der Waals surface area contributed by atoms with E-state index >= 15 is 0 Å². The van der Waals surface area contributed by atoms with Crippen LogP contribution in [-0.2, 0) is 4.79 Å². The lowest BCUT2D eigenvalue weighted by Gasteiger charge is -2.52. The molecule has 5 atom stereocenters. The molecule has 1 unspecified atom stereocenters. The van der Waals surface area contributed by atoms with Crippen LogP contribution in [0.25, 0.3) is 0 Å². The van der Waals surface area contributed by atoms with E-state index in [2.05, 4.69) is 19.6 Å². The Kier molecular flexibility index (Phi) is 8.08. The van der Waals surface area contributed by atoms with Crippen molar-refractivity contribution in [3.8, 4) is 0 Å². The van der Waals surface area contributed by atoms with E-state index in [0.29, 0.717) is 29.3 Å². The number of benzene rings is 2. The van der Waals surface area contributed by atoms with Gasteiger partial charge in [-0.2, -0.15) is 0 Å². The standard InChI is InChI=1S/C27H33Cl2NO2/c1-5-14-27(4)17-24(20-8-7-9-22(29)16-20)25(19-10-12-21(28)13-11-19)30(26(27)32)23(6-2)15-18(3)31/h5,7-13,16,18,23-25,31H,1,6,14-15,17H2,2-4H3/t18-,23+,24-,25?,27+/m1/s1. The van der Waals surface area contributed by atoms with Crippen molar-refractivity contribution in [2.75, 3.05) is 0 Å². The Bertz CT molecular complexity index is 943. The minimum atomic E-state index is -0.580. The molecular formula is C27H33Cl2NO2. The number of hydrogen-bond acceptors (Lipinski definition) is 2. The number of hydrogen-bond donors (Lipinski definition) is 1. The van der Waals surface area contributed by atoms with E-state index < -0.39 is 11.5 Å². The number of likely N-dealkylation sites (tertiary alicyclic amines) is 1. The molecule has 0 spiro atoms. The van der Waals surface area contributed by atoms with Crippen LogP contribution in [0.3, 0.4) is 0 Å². The summed E-state index contributed by atoms with van der Waals surface area (Å²) in [5, 5.41) is 11.6. The average Bonchev–Trinajstić information content (AvgIpc) is 2.75. The molecule has 1 amide bonds. The number of carbonyl (C=O) groups excluding carboxylic acids is 1. The Morgan fingerprint density at radius 1 is 1.19 bits per heavy atom. The van der Waals surface area contributed by atoms with Crippen LogP contribution in [0.5, 0.6) is 0 Å². The first kappa shape index (κ1) is 24.8. The molecule has 1 N–H and O–H groups in total. The number of allylic oxidation sites excluding steroid dienone is 1. The van der Waals surface area contributed by atoms with E-state index in [-0.39, 0.29) is 23.9 Å². The molecule has 3 rings (SSSR count). The van der Waals surface area contributed by atoms with E-state index in [4.69, 9.17) is 23.2 Å². The van der Waals surface area contributed by atoms with Crippen LogP contribution in [0.4, 0.5) is 0 Å². The van der Waals surface area contributed by atoms with Crippen LogP contribution in [0, 0.1) is 5.41 Å². The summed E-state index contributed by atoms with van der Waals surface area (Å²) in [6.07, 6.45) is 3.90. The topological polar surface area (TPSA) is 40.5 Å². The molecule has 5 heteroatoms. The van der Waals surface area contributed by atoms with Crippen molar-refractivity contribution in [3.63, 3.8) is 0 Å². The molecule has 1 saturated heterocycles. The van der Waals surface area contributed by atoms with Gasteiger partial charge in [0.15, 0.2) is 0 Å². The molecular weight excluding hydrogens is 441 g/mol. The molecule has 0 bridgehead atoms. The third-order valence-electron chi connectivity index (χ3n) is 6.66.